The van der Waals surface area contributed by atoms with Crippen molar-refractivity contribution in [2.75, 3.05) is 18.5 Å². The molecule has 12 heteroatoms. The van der Waals surface area contributed by atoms with Crippen LogP contribution in [0.25, 0.3) is 11.2 Å². The van der Waals surface area contributed by atoms with Crippen LogP contribution in [0.3, 0.4) is 0 Å². The van der Waals surface area contributed by atoms with Gasteiger partial charge in [-0.05, 0) is 28.1 Å². The molecular weight excluding hydrogens is 518 g/mol. The maximum absolute atomic E-state index is 12.7. The van der Waals surface area contributed by atoms with Crippen LogP contribution in [-0.4, -0.2) is 62.0 Å². The van der Waals surface area contributed by atoms with Crippen molar-refractivity contribution < 1.29 is 17.7 Å². The Morgan fingerprint density at radius 3 is 2.21 bits per heavy atom. The second-order valence-corrected chi connectivity index (χ2v) is 21.4. The van der Waals surface area contributed by atoms with Crippen molar-refractivity contribution in [2.45, 2.75) is 116 Å². The molecule has 2 saturated heterocycles. The lowest BCUT2D eigenvalue weighted by atomic mass is 10.2. The average Bonchev–Trinajstić information content (AvgIpc) is 3.41. The van der Waals surface area contributed by atoms with Gasteiger partial charge in [-0.1, -0.05) is 69.2 Å². The fourth-order valence-corrected chi connectivity index (χ4v) is 17.0. The lowest BCUT2D eigenvalue weighted by molar-refractivity contribution is -0.0544. The number of hydrogen-bond acceptors (Lipinski definition) is 8. The zero-order valence-corrected chi connectivity index (χ0v) is 26.7. The molecule has 214 valence electrons. The molecule has 0 aromatic carbocycles. The molecule has 38 heavy (non-hydrogen) atoms. The van der Waals surface area contributed by atoms with Crippen LogP contribution in [0.1, 0.15) is 81.9 Å². The van der Waals surface area contributed by atoms with Gasteiger partial charge >= 0.3 is 17.1 Å². The summed E-state index contributed by atoms with van der Waals surface area (Å²) < 4.78 is 29.8. The van der Waals surface area contributed by atoms with Crippen LogP contribution < -0.4 is 10.9 Å². The van der Waals surface area contributed by atoms with Gasteiger partial charge < -0.3 is 23.0 Å². The molecule has 1 unspecified atom stereocenters. The zero-order chi connectivity index (χ0) is 28.0. The van der Waals surface area contributed by atoms with Crippen LogP contribution in [0.4, 0.5) is 5.95 Å². The smallest absolute Gasteiger partial charge is 0.335 e. The standard InChI is InChI=1S/C26H47N5O5Si2/c1-15(2)12-27-26-29-24-23(25(32)30-26)28-14-31(24)22-11-20-21(34-22)13-33-37(16(3)4,17(5)6)36-38(35-20,18(7)8)19(9)10/h14-22H,11-13H2,1-10H3,(H2,27,29,30,32)/t20-,21?,22-/m1/s1. The van der Waals surface area contributed by atoms with Gasteiger partial charge in [0.25, 0.3) is 5.56 Å². The minimum atomic E-state index is -2.72. The first-order chi connectivity index (χ1) is 17.8. The van der Waals surface area contributed by atoms with Crippen molar-refractivity contribution in [3.63, 3.8) is 0 Å². The minimum Gasteiger partial charge on any atom is -0.414 e. The van der Waals surface area contributed by atoms with E-state index in [9.17, 15) is 4.79 Å². The molecule has 10 nitrogen and oxygen atoms in total. The highest BCUT2D eigenvalue weighted by atomic mass is 28.5. The van der Waals surface area contributed by atoms with Gasteiger partial charge in [0.15, 0.2) is 11.2 Å². The third-order valence-electron chi connectivity index (χ3n) is 7.95. The molecule has 2 N–H and O–H groups in total. The van der Waals surface area contributed by atoms with Gasteiger partial charge in [0.1, 0.15) is 12.3 Å². The highest BCUT2D eigenvalue weighted by molar-refractivity contribution is 6.83. The first-order valence-electron chi connectivity index (χ1n) is 14.2. The molecule has 0 bridgehead atoms. The third-order valence-corrected chi connectivity index (χ3v) is 18.2. The number of anilines is 1. The summed E-state index contributed by atoms with van der Waals surface area (Å²) in [4.78, 5) is 24.6. The largest absolute Gasteiger partial charge is 0.414 e. The Morgan fingerprint density at radius 1 is 1.00 bits per heavy atom. The number of nitrogens with zero attached hydrogens (tertiary/aromatic N) is 3. The molecular formula is C26H47N5O5Si2. The Morgan fingerprint density at radius 2 is 1.63 bits per heavy atom. The summed E-state index contributed by atoms with van der Waals surface area (Å²) in [6, 6.07) is 0. The molecule has 3 atom stereocenters. The van der Waals surface area contributed by atoms with E-state index in [0.717, 1.165) is 0 Å². The normalized spacial score (nSPS) is 25.5. The summed E-state index contributed by atoms with van der Waals surface area (Å²) in [6.07, 6.45) is 1.47. The monoisotopic (exact) mass is 565 g/mol. The van der Waals surface area contributed by atoms with E-state index in [0.29, 0.717) is 42.6 Å². The van der Waals surface area contributed by atoms with E-state index in [4.69, 9.17) is 22.7 Å². The summed E-state index contributed by atoms with van der Waals surface area (Å²) >= 11 is 0. The number of nitrogens with one attached hydrogen (secondary N) is 2. The summed E-state index contributed by atoms with van der Waals surface area (Å²) in [6.45, 7) is 23.1. The number of aromatic amines is 1. The molecule has 0 saturated carbocycles. The predicted octanol–water partition coefficient (Wildman–Crippen LogP) is 5.43. The first kappa shape index (κ1) is 29.4. The molecule has 4 heterocycles. The molecule has 2 fully saturated rings. The highest BCUT2D eigenvalue weighted by Crippen LogP contribution is 2.48. The van der Waals surface area contributed by atoms with E-state index in [2.05, 4.69) is 84.5 Å². The van der Waals surface area contributed by atoms with E-state index in [1.807, 2.05) is 4.57 Å². The van der Waals surface area contributed by atoms with Gasteiger partial charge in [-0.3, -0.25) is 14.3 Å². The van der Waals surface area contributed by atoms with Crippen LogP contribution in [0.15, 0.2) is 11.1 Å². The van der Waals surface area contributed by atoms with E-state index in [1.54, 1.807) is 6.33 Å². The molecule has 2 aliphatic heterocycles. The van der Waals surface area contributed by atoms with Crippen LogP contribution in [0, 0.1) is 5.92 Å². The van der Waals surface area contributed by atoms with Crippen molar-refractivity contribution in [2.24, 2.45) is 5.92 Å². The SMILES string of the molecule is CC(C)CNc1nc2c(ncn2[C@H]2C[C@H]3O[Si](C(C)C)(C(C)C)O[Si](C(C)C)(C(C)C)OCC3O2)c(=O)[nH]1. The van der Waals surface area contributed by atoms with Crippen molar-refractivity contribution in [1.82, 2.24) is 19.5 Å². The highest BCUT2D eigenvalue weighted by Gasteiger charge is 2.60. The Kier molecular flexibility index (Phi) is 8.61. The van der Waals surface area contributed by atoms with Gasteiger partial charge in [-0.15, -0.1) is 0 Å². The second kappa shape index (κ2) is 11.1. The summed E-state index contributed by atoms with van der Waals surface area (Å²) in [5.74, 6) is 0.846. The van der Waals surface area contributed by atoms with Gasteiger partial charge in [-0.25, -0.2) is 4.98 Å². The summed E-state index contributed by atoms with van der Waals surface area (Å²) in [7, 11) is -5.36. The molecule has 2 aromatic heterocycles. The van der Waals surface area contributed by atoms with Crippen molar-refractivity contribution in [3.8, 4) is 0 Å². The van der Waals surface area contributed by atoms with E-state index < -0.39 is 17.1 Å². The number of aromatic nitrogens is 4. The molecule has 4 rings (SSSR count). The van der Waals surface area contributed by atoms with Crippen LogP contribution in [-0.2, 0) is 17.7 Å². The van der Waals surface area contributed by atoms with Gasteiger partial charge in [0, 0.05) is 13.0 Å². The maximum Gasteiger partial charge on any atom is 0.335 e. The number of rotatable bonds is 8. The van der Waals surface area contributed by atoms with E-state index in [1.165, 1.54) is 0 Å². The lowest BCUT2D eigenvalue weighted by Gasteiger charge is -2.51. The zero-order valence-electron chi connectivity index (χ0n) is 24.7. The summed E-state index contributed by atoms with van der Waals surface area (Å²) in [5.41, 5.74) is 1.57. The predicted molar refractivity (Wildman–Crippen MR) is 154 cm³/mol. The topological polar surface area (TPSA) is 113 Å². The number of fused-ring (bicyclic) bond motifs is 2. The molecule has 2 aromatic rings. The average molecular weight is 566 g/mol. The second-order valence-electron chi connectivity index (χ2n) is 12.5. The molecule has 0 aliphatic carbocycles. The minimum absolute atomic E-state index is 0.180. The summed E-state index contributed by atoms with van der Waals surface area (Å²) in [5, 5.41) is 3.22. The number of imidazole rings is 1. The Bertz CT molecular complexity index is 1150. The molecule has 2 aliphatic rings. The van der Waals surface area contributed by atoms with Crippen LogP contribution in [0.5, 0.6) is 0 Å². The fourth-order valence-electron chi connectivity index (χ4n) is 5.83. The van der Waals surface area contributed by atoms with Crippen molar-refractivity contribution in [3.05, 3.63) is 16.7 Å². The quantitative estimate of drug-likeness (QED) is 0.408. The third kappa shape index (κ3) is 5.27. The number of ether oxygens (including phenoxy) is 1. The van der Waals surface area contributed by atoms with Gasteiger partial charge in [0.05, 0.1) is 19.0 Å². The Labute approximate surface area is 228 Å². The molecule has 0 amide bonds. The van der Waals surface area contributed by atoms with Gasteiger partial charge in [-0.2, -0.15) is 4.98 Å². The fraction of sp³-hybridized carbons (Fsp3) is 0.808. The Balaban J connectivity index is 1.70. The van der Waals surface area contributed by atoms with Crippen LogP contribution >= 0.6 is 0 Å². The van der Waals surface area contributed by atoms with Crippen molar-refractivity contribution >= 4 is 34.2 Å². The number of hydrogen-bond donors (Lipinski definition) is 2. The number of H-pyrrole nitrogens is 1. The van der Waals surface area contributed by atoms with Crippen LogP contribution in [0.2, 0.25) is 22.2 Å². The maximum atomic E-state index is 12.7. The van der Waals surface area contributed by atoms with E-state index >= 15 is 0 Å². The lowest BCUT2D eigenvalue weighted by Crippen LogP contribution is -2.65. The first-order valence-corrected chi connectivity index (χ1v) is 18.1. The molecule has 0 spiro atoms. The Hall–Kier alpha value is -1.58. The van der Waals surface area contributed by atoms with Crippen molar-refractivity contribution in [1.29, 1.82) is 0 Å². The van der Waals surface area contributed by atoms with E-state index in [-0.39, 0.29) is 46.2 Å². The molecule has 0 radical (unpaired) electrons. The van der Waals surface area contributed by atoms with Gasteiger partial charge in [0.2, 0.25) is 5.95 Å².